The number of nitrogens with zero attached hydrogens (tertiary/aromatic N) is 1. The molecular formula is C74H149N2O6P. The minimum atomic E-state index is -4.60. The van der Waals surface area contributed by atoms with Gasteiger partial charge >= 0.3 is 0 Å². The molecule has 0 rings (SSSR count). The van der Waals surface area contributed by atoms with Crippen molar-refractivity contribution < 1.29 is 32.9 Å². The molecule has 2 N–H and O–H groups in total. The zero-order valence-corrected chi connectivity index (χ0v) is 57.8. The summed E-state index contributed by atoms with van der Waals surface area (Å²) in [4.78, 5) is 25.7. The molecule has 496 valence electrons. The van der Waals surface area contributed by atoms with Crippen LogP contribution in [0.4, 0.5) is 0 Å². The number of amides is 1. The Morgan fingerprint density at radius 1 is 0.410 bits per heavy atom. The van der Waals surface area contributed by atoms with Gasteiger partial charge in [-0.3, -0.25) is 9.36 Å². The van der Waals surface area contributed by atoms with Crippen LogP contribution in [0.25, 0.3) is 0 Å². The third-order valence-corrected chi connectivity index (χ3v) is 18.7. The molecule has 0 aliphatic carbocycles. The maximum absolute atomic E-state index is 13.1. The lowest BCUT2D eigenvalue weighted by molar-refractivity contribution is -0.870. The summed E-state index contributed by atoms with van der Waals surface area (Å²) in [6, 6.07) is -0.884. The number of carbonyl (C=O) groups excluding carboxylic acids is 1. The normalized spacial score (nSPS) is 13.6. The van der Waals surface area contributed by atoms with E-state index < -0.39 is 20.0 Å². The molecule has 0 heterocycles. The summed E-state index contributed by atoms with van der Waals surface area (Å²) in [5.41, 5.74) is 0. The maximum Gasteiger partial charge on any atom is 0.268 e. The molecule has 3 unspecified atom stereocenters. The SMILES string of the molecule is CCCCCCCCCCCCCCCCCCCCCCCCCCC/C=C/C(O)C(COP(=O)([O-])OCC[N+](C)(C)C)NC(=O)CCCCCCCCCCCCCCCCCCCCCCCCCCCCCCCCCCCC. The van der Waals surface area contributed by atoms with Crippen molar-refractivity contribution in [2.75, 3.05) is 40.9 Å². The van der Waals surface area contributed by atoms with Crippen LogP contribution in [0.5, 0.6) is 0 Å². The largest absolute Gasteiger partial charge is 0.756 e. The van der Waals surface area contributed by atoms with E-state index in [1.807, 2.05) is 27.2 Å². The number of nitrogens with one attached hydrogen (secondary N) is 1. The maximum atomic E-state index is 13.1. The Labute approximate surface area is 520 Å². The highest BCUT2D eigenvalue weighted by molar-refractivity contribution is 7.45. The number of hydrogen-bond donors (Lipinski definition) is 2. The molecule has 3 atom stereocenters. The molecule has 83 heavy (non-hydrogen) atoms. The minimum absolute atomic E-state index is 0.00309. The fourth-order valence-electron chi connectivity index (χ4n) is 11.9. The summed E-state index contributed by atoms with van der Waals surface area (Å²) in [6.45, 7) is 4.73. The first kappa shape index (κ1) is 82.2. The molecule has 0 aromatic carbocycles. The Balaban J connectivity index is 3.96. The highest BCUT2D eigenvalue weighted by Crippen LogP contribution is 2.38. The van der Waals surface area contributed by atoms with E-state index in [1.165, 1.54) is 347 Å². The smallest absolute Gasteiger partial charge is 0.268 e. The van der Waals surface area contributed by atoms with Gasteiger partial charge in [-0.2, -0.15) is 0 Å². The monoisotopic (exact) mass is 1190 g/mol. The number of likely N-dealkylation sites (N-methyl/N-ethyl adjacent to an activating group) is 1. The summed E-state index contributed by atoms with van der Waals surface area (Å²) in [6.07, 6.45) is 85.0. The van der Waals surface area contributed by atoms with Gasteiger partial charge in [0.25, 0.3) is 7.82 Å². The van der Waals surface area contributed by atoms with Gasteiger partial charge in [0.1, 0.15) is 13.2 Å². The van der Waals surface area contributed by atoms with E-state index in [0.29, 0.717) is 17.4 Å². The molecule has 0 aromatic rings. The van der Waals surface area contributed by atoms with Crippen LogP contribution in [0.3, 0.4) is 0 Å². The first-order chi connectivity index (χ1) is 40.5. The van der Waals surface area contributed by atoms with Gasteiger partial charge < -0.3 is 28.8 Å². The first-order valence-corrected chi connectivity index (χ1v) is 39.0. The van der Waals surface area contributed by atoms with Gasteiger partial charge in [0.15, 0.2) is 0 Å². The fraction of sp³-hybridized carbons (Fsp3) is 0.959. The van der Waals surface area contributed by atoms with Crippen LogP contribution in [0, 0.1) is 0 Å². The van der Waals surface area contributed by atoms with Gasteiger partial charge in [0, 0.05) is 6.42 Å². The molecule has 0 spiro atoms. The molecule has 0 bridgehead atoms. The van der Waals surface area contributed by atoms with Gasteiger partial charge in [0.2, 0.25) is 5.91 Å². The predicted octanol–water partition coefficient (Wildman–Crippen LogP) is 23.4. The van der Waals surface area contributed by atoms with Crippen LogP contribution < -0.4 is 10.2 Å². The van der Waals surface area contributed by atoms with E-state index in [2.05, 4.69) is 19.2 Å². The second-order valence-electron chi connectivity index (χ2n) is 27.4. The lowest BCUT2D eigenvalue weighted by Gasteiger charge is -2.29. The average Bonchev–Trinajstić information content (AvgIpc) is 3.49. The molecule has 0 saturated carbocycles. The minimum Gasteiger partial charge on any atom is -0.756 e. The third kappa shape index (κ3) is 68.6. The van der Waals surface area contributed by atoms with Crippen LogP contribution >= 0.6 is 7.82 Å². The summed E-state index contributed by atoms with van der Waals surface area (Å²) in [5, 5.41) is 14.0. The number of hydrogen-bond acceptors (Lipinski definition) is 6. The topological polar surface area (TPSA) is 108 Å². The highest BCUT2D eigenvalue weighted by atomic mass is 31.2. The summed E-state index contributed by atoms with van der Waals surface area (Å²) >= 11 is 0. The van der Waals surface area contributed by atoms with Gasteiger partial charge in [-0.1, -0.05) is 392 Å². The molecule has 0 aliphatic heterocycles. The number of allylic oxidation sites excluding steroid dienone is 1. The van der Waals surface area contributed by atoms with E-state index in [9.17, 15) is 19.4 Å². The van der Waals surface area contributed by atoms with Crippen molar-refractivity contribution in [2.24, 2.45) is 0 Å². The molecule has 0 saturated heterocycles. The van der Waals surface area contributed by atoms with E-state index in [-0.39, 0.29) is 19.1 Å². The van der Waals surface area contributed by atoms with E-state index >= 15 is 0 Å². The zero-order chi connectivity index (χ0) is 60.5. The Bertz CT molecular complexity index is 1360. The number of carbonyl (C=O) groups is 1. The number of rotatable bonds is 71. The van der Waals surface area contributed by atoms with Crippen LogP contribution in [0.2, 0.25) is 0 Å². The van der Waals surface area contributed by atoms with Crippen molar-refractivity contribution >= 4 is 13.7 Å². The average molecular weight is 1190 g/mol. The molecule has 8 nitrogen and oxygen atoms in total. The fourth-order valence-corrected chi connectivity index (χ4v) is 12.6. The van der Waals surface area contributed by atoms with E-state index in [4.69, 9.17) is 9.05 Å². The number of phosphoric acid groups is 1. The van der Waals surface area contributed by atoms with Crippen LogP contribution in [0.1, 0.15) is 406 Å². The van der Waals surface area contributed by atoms with E-state index in [0.717, 1.165) is 38.5 Å². The van der Waals surface area contributed by atoms with Crippen molar-refractivity contribution in [3.63, 3.8) is 0 Å². The second-order valence-corrected chi connectivity index (χ2v) is 28.8. The van der Waals surface area contributed by atoms with Gasteiger partial charge in [-0.15, -0.1) is 0 Å². The quantitative estimate of drug-likeness (QED) is 0.0272. The Morgan fingerprint density at radius 2 is 0.651 bits per heavy atom. The van der Waals surface area contributed by atoms with Crippen LogP contribution in [-0.2, 0) is 18.4 Å². The number of phosphoric ester groups is 1. The van der Waals surface area contributed by atoms with Gasteiger partial charge in [0.05, 0.1) is 39.9 Å². The lowest BCUT2D eigenvalue weighted by atomic mass is 10.0. The Hall–Kier alpha value is -0.760. The Kier molecular flexibility index (Phi) is 65.1. The first-order valence-electron chi connectivity index (χ1n) is 37.6. The molecule has 0 aromatic heterocycles. The molecule has 0 fully saturated rings. The van der Waals surface area contributed by atoms with E-state index in [1.54, 1.807) is 6.08 Å². The summed E-state index contributed by atoms with van der Waals surface area (Å²) < 4.78 is 23.5. The van der Waals surface area contributed by atoms with Crippen LogP contribution in [-0.4, -0.2) is 68.5 Å². The van der Waals surface area contributed by atoms with Crippen molar-refractivity contribution in [1.82, 2.24) is 5.32 Å². The molecular weight excluding hydrogens is 1040 g/mol. The van der Waals surface area contributed by atoms with Crippen molar-refractivity contribution in [2.45, 2.75) is 418 Å². The summed E-state index contributed by atoms with van der Waals surface area (Å²) in [5.74, 6) is -0.186. The van der Waals surface area contributed by atoms with Crippen molar-refractivity contribution in [3.8, 4) is 0 Å². The van der Waals surface area contributed by atoms with Crippen LogP contribution in [0.15, 0.2) is 12.2 Å². The number of unbranched alkanes of at least 4 members (excludes halogenated alkanes) is 58. The lowest BCUT2D eigenvalue weighted by Crippen LogP contribution is -2.45. The summed E-state index contributed by atoms with van der Waals surface area (Å²) in [7, 11) is 1.29. The zero-order valence-electron chi connectivity index (χ0n) is 56.9. The number of aliphatic hydroxyl groups excluding tert-OH is 1. The highest BCUT2D eigenvalue weighted by Gasteiger charge is 2.23. The predicted molar refractivity (Wildman–Crippen MR) is 362 cm³/mol. The van der Waals surface area contributed by atoms with Crippen molar-refractivity contribution in [3.05, 3.63) is 12.2 Å². The standard InChI is InChI=1S/C74H149N2O6P/c1-6-8-10-12-14-16-18-20-22-24-26-28-30-32-34-35-36-37-38-39-40-42-44-46-48-50-52-54-56-58-60-62-64-66-68-74(78)75-72(71-82-83(79,80)81-70-69-76(3,4)5)73(77)67-65-63-61-59-57-55-53-51-49-47-45-43-41-33-31-29-27-25-23-21-19-17-15-13-11-9-7-2/h65,67,72-73,77H,6-64,66,68-71H2,1-5H3,(H-,75,78,79,80)/b67-65+. The Morgan fingerprint density at radius 3 is 0.904 bits per heavy atom. The van der Waals surface area contributed by atoms with Crippen molar-refractivity contribution in [1.29, 1.82) is 0 Å². The molecule has 1 amide bonds. The number of quaternary nitrogens is 1. The molecule has 0 aliphatic rings. The number of aliphatic hydroxyl groups is 1. The molecule has 0 radical (unpaired) electrons. The van der Waals surface area contributed by atoms with Gasteiger partial charge in [-0.05, 0) is 19.3 Å². The second kappa shape index (κ2) is 65.7. The molecule has 9 heteroatoms. The van der Waals surface area contributed by atoms with Gasteiger partial charge in [-0.25, -0.2) is 0 Å². The third-order valence-electron chi connectivity index (χ3n) is 17.7.